The average Bonchev–Trinajstić information content (AvgIpc) is 3.33. The number of benzene rings is 1. The van der Waals surface area contributed by atoms with Gasteiger partial charge in [-0.2, -0.15) is 0 Å². The Hall–Kier alpha value is -1.26. The van der Waals surface area contributed by atoms with E-state index in [4.69, 9.17) is 9.47 Å². The summed E-state index contributed by atoms with van der Waals surface area (Å²) in [5.74, 6) is 2.68. The van der Waals surface area contributed by atoms with E-state index in [1.165, 1.54) is 18.4 Å². The Labute approximate surface area is 121 Å². The van der Waals surface area contributed by atoms with E-state index in [-0.39, 0.29) is 0 Å². The minimum Gasteiger partial charge on any atom is -0.497 e. The maximum absolute atomic E-state index is 5.60. The van der Waals surface area contributed by atoms with E-state index in [0.29, 0.717) is 6.04 Å². The lowest BCUT2D eigenvalue weighted by molar-refractivity contribution is 0.153. The summed E-state index contributed by atoms with van der Waals surface area (Å²) in [5, 5.41) is 3.43. The van der Waals surface area contributed by atoms with Crippen molar-refractivity contribution in [2.24, 2.45) is 5.92 Å². The Kier molecular flexibility index (Phi) is 4.13. The number of rotatable bonds is 5. The molecule has 1 heterocycles. The van der Waals surface area contributed by atoms with Gasteiger partial charge in [-0.15, -0.1) is 0 Å². The van der Waals surface area contributed by atoms with Crippen molar-refractivity contribution in [3.63, 3.8) is 0 Å². The van der Waals surface area contributed by atoms with Crippen LogP contribution < -0.4 is 14.8 Å². The molecule has 0 radical (unpaired) electrons. The van der Waals surface area contributed by atoms with Gasteiger partial charge < -0.3 is 14.8 Å². The van der Waals surface area contributed by atoms with Gasteiger partial charge in [0.2, 0.25) is 0 Å². The van der Waals surface area contributed by atoms with Gasteiger partial charge in [-0.25, -0.2) is 0 Å². The van der Waals surface area contributed by atoms with Crippen molar-refractivity contribution in [1.29, 1.82) is 0 Å². The van der Waals surface area contributed by atoms with Gasteiger partial charge in [-0.05, 0) is 37.0 Å². The number of nitrogens with zero attached hydrogens (tertiary/aromatic N) is 1. The number of hydrogen-bond acceptors (Lipinski definition) is 4. The van der Waals surface area contributed by atoms with E-state index in [0.717, 1.165) is 43.6 Å². The van der Waals surface area contributed by atoms with Crippen LogP contribution in [0.4, 0.5) is 0 Å². The standard InChI is InChI=1S/C16H24N2O2/c1-19-13-5-6-15(20-2)14(11-13)16(12-3-4-12)18-9-7-17-8-10-18/h5-6,11-12,16-17H,3-4,7-10H2,1-2H3/t16-/m1/s1. The number of piperazine rings is 1. The molecule has 2 aliphatic rings. The lowest BCUT2D eigenvalue weighted by atomic mass is 9.98. The molecule has 0 spiro atoms. The minimum absolute atomic E-state index is 0.474. The van der Waals surface area contributed by atoms with Crippen LogP contribution in [0.1, 0.15) is 24.4 Å². The molecule has 0 bridgehead atoms. The number of methoxy groups -OCH3 is 2. The first kappa shape index (κ1) is 13.7. The summed E-state index contributed by atoms with van der Waals surface area (Å²) in [6, 6.07) is 6.64. The molecule has 2 fully saturated rings. The summed E-state index contributed by atoms with van der Waals surface area (Å²) < 4.78 is 11.0. The van der Waals surface area contributed by atoms with Crippen molar-refractivity contribution < 1.29 is 9.47 Å². The number of hydrogen-bond donors (Lipinski definition) is 1. The largest absolute Gasteiger partial charge is 0.497 e. The quantitative estimate of drug-likeness (QED) is 0.892. The molecule has 0 amide bonds. The third kappa shape index (κ3) is 2.76. The fourth-order valence-electron chi connectivity index (χ4n) is 3.19. The van der Waals surface area contributed by atoms with Crippen molar-refractivity contribution >= 4 is 0 Å². The molecule has 110 valence electrons. The molecule has 20 heavy (non-hydrogen) atoms. The van der Waals surface area contributed by atoms with Crippen LogP contribution in [0, 0.1) is 5.92 Å². The topological polar surface area (TPSA) is 33.7 Å². The first-order valence-corrected chi connectivity index (χ1v) is 7.50. The molecule has 0 aromatic heterocycles. The zero-order valence-electron chi connectivity index (χ0n) is 12.4. The molecular formula is C16H24N2O2. The summed E-state index contributed by atoms with van der Waals surface area (Å²) in [6.07, 6.45) is 2.66. The highest BCUT2D eigenvalue weighted by Gasteiger charge is 2.38. The maximum atomic E-state index is 5.60. The molecule has 3 rings (SSSR count). The Morgan fingerprint density at radius 3 is 2.50 bits per heavy atom. The molecule has 1 aliphatic carbocycles. The van der Waals surface area contributed by atoms with Crippen LogP contribution in [-0.4, -0.2) is 45.3 Å². The molecule has 4 nitrogen and oxygen atoms in total. The highest BCUT2D eigenvalue weighted by Crippen LogP contribution is 2.47. The summed E-state index contributed by atoms with van der Waals surface area (Å²) in [5.41, 5.74) is 1.29. The summed E-state index contributed by atoms with van der Waals surface area (Å²) in [7, 11) is 3.48. The van der Waals surface area contributed by atoms with Crippen LogP contribution in [0.25, 0.3) is 0 Å². The van der Waals surface area contributed by atoms with Gasteiger partial charge in [0.05, 0.1) is 14.2 Å². The van der Waals surface area contributed by atoms with E-state index in [1.807, 2.05) is 12.1 Å². The second-order valence-corrected chi connectivity index (χ2v) is 5.68. The number of nitrogens with one attached hydrogen (secondary N) is 1. The van der Waals surface area contributed by atoms with Crippen molar-refractivity contribution in [2.45, 2.75) is 18.9 Å². The van der Waals surface area contributed by atoms with Crippen molar-refractivity contribution in [1.82, 2.24) is 10.2 Å². The van der Waals surface area contributed by atoms with Gasteiger partial charge in [0.15, 0.2) is 0 Å². The molecule has 1 aliphatic heterocycles. The Morgan fingerprint density at radius 1 is 1.15 bits per heavy atom. The van der Waals surface area contributed by atoms with Crippen molar-refractivity contribution in [3.8, 4) is 11.5 Å². The Bertz CT molecular complexity index is 454. The SMILES string of the molecule is COc1ccc(OC)c([C@@H](C2CC2)N2CCNCC2)c1. The summed E-state index contributed by atoms with van der Waals surface area (Å²) >= 11 is 0. The summed E-state index contributed by atoms with van der Waals surface area (Å²) in [4.78, 5) is 2.60. The van der Waals surface area contributed by atoms with Crippen LogP contribution in [0.15, 0.2) is 18.2 Å². The second kappa shape index (κ2) is 6.02. The Balaban J connectivity index is 1.93. The predicted molar refractivity (Wildman–Crippen MR) is 79.5 cm³/mol. The predicted octanol–water partition coefficient (Wildman–Crippen LogP) is 2.06. The third-order valence-electron chi connectivity index (χ3n) is 4.37. The van der Waals surface area contributed by atoms with E-state index < -0.39 is 0 Å². The molecule has 0 unspecified atom stereocenters. The van der Waals surface area contributed by atoms with Crippen LogP contribution in [0.2, 0.25) is 0 Å². The number of ether oxygens (including phenoxy) is 2. The minimum atomic E-state index is 0.474. The smallest absolute Gasteiger partial charge is 0.123 e. The van der Waals surface area contributed by atoms with Gasteiger partial charge in [0.25, 0.3) is 0 Å². The monoisotopic (exact) mass is 276 g/mol. The van der Waals surface area contributed by atoms with Gasteiger partial charge in [-0.3, -0.25) is 4.90 Å². The van der Waals surface area contributed by atoms with Gasteiger partial charge >= 0.3 is 0 Å². The molecule has 1 aromatic rings. The van der Waals surface area contributed by atoms with Crippen LogP contribution in [0.3, 0.4) is 0 Å². The van der Waals surface area contributed by atoms with E-state index in [1.54, 1.807) is 14.2 Å². The molecule has 1 N–H and O–H groups in total. The average molecular weight is 276 g/mol. The van der Waals surface area contributed by atoms with Crippen LogP contribution in [-0.2, 0) is 0 Å². The van der Waals surface area contributed by atoms with Gasteiger partial charge in [-0.1, -0.05) is 0 Å². The highest BCUT2D eigenvalue weighted by atomic mass is 16.5. The van der Waals surface area contributed by atoms with Crippen LogP contribution in [0.5, 0.6) is 11.5 Å². The molecular weight excluding hydrogens is 252 g/mol. The summed E-state index contributed by atoms with van der Waals surface area (Å²) in [6.45, 7) is 4.38. The van der Waals surface area contributed by atoms with Crippen molar-refractivity contribution in [2.75, 3.05) is 40.4 Å². The first-order chi connectivity index (χ1) is 9.83. The van der Waals surface area contributed by atoms with E-state index in [9.17, 15) is 0 Å². The van der Waals surface area contributed by atoms with E-state index >= 15 is 0 Å². The fraction of sp³-hybridized carbons (Fsp3) is 0.625. The van der Waals surface area contributed by atoms with Gasteiger partial charge in [0, 0.05) is 37.8 Å². The van der Waals surface area contributed by atoms with Gasteiger partial charge in [0.1, 0.15) is 11.5 Å². The molecule has 1 atom stereocenters. The molecule has 4 heteroatoms. The molecule has 1 aromatic carbocycles. The third-order valence-corrected chi connectivity index (χ3v) is 4.37. The van der Waals surface area contributed by atoms with E-state index in [2.05, 4.69) is 16.3 Å². The molecule has 1 saturated carbocycles. The second-order valence-electron chi connectivity index (χ2n) is 5.68. The maximum Gasteiger partial charge on any atom is 0.123 e. The molecule has 1 saturated heterocycles. The lowest BCUT2D eigenvalue weighted by Gasteiger charge is -2.36. The highest BCUT2D eigenvalue weighted by molar-refractivity contribution is 5.43. The van der Waals surface area contributed by atoms with Crippen LogP contribution >= 0.6 is 0 Å². The normalized spacial score (nSPS) is 21.5. The Morgan fingerprint density at radius 2 is 1.90 bits per heavy atom. The zero-order valence-corrected chi connectivity index (χ0v) is 12.4. The lowest BCUT2D eigenvalue weighted by Crippen LogP contribution is -2.45. The van der Waals surface area contributed by atoms with Crippen molar-refractivity contribution in [3.05, 3.63) is 23.8 Å². The fourth-order valence-corrected chi connectivity index (χ4v) is 3.19. The zero-order chi connectivity index (χ0) is 13.9. The first-order valence-electron chi connectivity index (χ1n) is 7.50.